The lowest BCUT2D eigenvalue weighted by molar-refractivity contribution is -0.113. The molecule has 0 aliphatic rings. The molecule has 0 spiro atoms. The summed E-state index contributed by atoms with van der Waals surface area (Å²) in [6, 6.07) is 4.98. The number of carbonyl (C=O) groups is 2. The zero-order chi connectivity index (χ0) is 10.6. The van der Waals surface area contributed by atoms with Crippen LogP contribution in [0.1, 0.15) is 10.4 Å². The zero-order valence-electron chi connectivity index (χ0n) is 7.09. The molecule has 0 fully saturated rings. The number of rotatable bonds is 3. The van der Waals surface area contributed by atoms with Crippen LogP contribution in [0.4, 0.5) is 5.69 Å². The van der Waals surface area contributed by atoms with E-state index in [1.807, 2.05) is 0 Å². The third kappa shape index (κ3) is 2.82. The average molecular weight is 277 g/mol. The molecule has 1 N–H and O–H groups in total. The van der Waals surface area contributed by atoms with Gasteiger partial charge in [0.1, 0.15) is 5.88 Å². The number of aldehydes is 1. The summed E-state index contributed by atoms with van der Waals surface area (Å²) in [4.78, 5) is 21.6. The molecular weight excluding hydrogens is 269 g/mol. The Hall–Kier alpha value is -0.870. The van der Waals surface area contributed by atoms with Crippen LogP contribution in [0.25, 0.3) is 0 Å². The second kappa shape index (κ2) is 5.12. The van der Waals surface area contributed by atoms with E-state index in [2.05, 4.69) is 21.2 Å². The van der Waals surface area contributed by atoms with Gasteiger partial charge in [0.25, 0.3) is 0 Å². The Labute approximate surface area is 94.6 Å². The molecule has 0 aliphatic carbocycles. The monoisotopic (exact) mass is 275 g/mol. The molecule has 1 aromatic rings. The molecule has 0 aliphatic heterocycles. The minimum Gasteiger partial charge on any atom is -0.324 e. The molecule has 1 aromatic carbocycles. The largest absolute Gasteiger partial charge is 0.324 e. The van der Waals surface area contributed by atoms with E-state index in [1.54, 1.807) is 18.2 Å². The van der Waals surface area contributed by atoms with E-state index in [4.69, 9.17) is 11.6 Å². The van der Waals surface area contributed by atoms with Crippen molar-refractivity contribution >= 4 is 45.4 Å². The number of hydrogen-bond acceptors (Lipinski definition) is 2. The SMILES string of the molecule is O=Cc1ccc(Br)cc1NC(=O)CCl. The molecule has 0 saturated heterocycles. The summed E-state index contributed by atoms with van der Waals surface area (Å²) in [5.74, 6) is -0.474. The van der Waals surface area contributed by atoms with Crippen molar-refractivity contribution < 1.29 is 9.59 Å². The summed E-state index contributed by atoms with van der Waals surface area (Å²) in [7, 11) is 0. The Kier molecular flexibility index (Phi) is 4.10. The van der Waals surface area contributed by atoms with Crippen LogP contribution in [0, 0.1) is 0 Å². The first-order valence-electron chi connectivity index (χ1n) is 3.78. The van der Waals surface area contributed by atoms with Crippen LogP contribution in [0.5, 0.6) is 0 Å². The van der Waals surface area contributed by atoms with E-state index < -0.39 is 0 Å². The maximum absolute atomic E-state index is 11.0. The smallest absolute Gasteiger partial charge is 0.239 e. The Balaban J connectivity index is 2.98. The zero-order valence-corrected chi connectivity index (χ0v) is 9.43. The maximum atomic E-state index is 11.0. The number of halogens is 2. The Bertz CT molecular complexity index is 368. The molecule has 0 aromatic heterocycles. The molecular formula is C9H7BrClNO2. The summed E-state index contributed by atoms with van der Waals surface area (Å²) in [6.45, 7) is 0. The normalized spacial score (nSPS) is 9.57. The van der Waals surface area contributed by atoms with Crippen molar-refractivity contribution in [2.45, 2.75) is 0 Å². The number of hydrogen-bond donors (Lipinski definition) is 1. The van der Waals surface area contributed by atoms with Gasteiger partial charge in [-0.3, -0.25) is 9.59 Å². The molecule has 0 unspecified atom stereocenters. The van der Waals surface area contributed by atoms with E-state index >= 15 is 0 Å². The number of benzene rings is 1. The lowest BCUT2D eigenvalue weighted by Gasteiger charge is -2.05. The van der Waals surface area contributed by atoms with Crippen molar-refractivity contribution in [3.05, 3.63) is 28.2 Å². The predicted molar refractivity (Wildman–Crippen MR) is 58.9 cm³/mol. The number of nitrogens with one attached hydrogen (secondary N) is 1. The first-order chi connectivity index (χ1) is 6.67. The van der Waals surface area contributed by atoms with Gasteiger partial charge in [0.05, 0.1) is 5.69 Å². The molecule has 74 valence electrons. The first-order valence-corrected chi connectivity index (χ1v) is 5.10. The van der Waals surface area contributed by atoms with Gasteiger partial charge in [0, 0.05) is 10.0 Å². The van der Waals surface area contributed by atoms with Gasteiger partial charge in [-0.1, -0.05) is 15.9 Å². The van der Waals surface area contributed by atoms with Crippen molar-refractivity contribution in [1.82, 2.24) is 0 Å². The van der Waals surface area contributed by atoms with E-state index in [1.165, 1.54) is 0 Å². The highest BCUT2D eigenvalue weighted by Gasteiger charge is 2.05. The van der Waals surface area contributed by atoms with Gasteiger partial charge in [0.15, 0.2) is 6.29 Å². The second-order valence-electron chi connectivity index (χ2n) is 2.53. The first kappa shape index (κ1) is 11.2. The van der Waals surface area contributed by atoms with Crippen LogP contribution in [0.3, 0.4) is 0 Å². The minimum absolute atomic E-state index is 0.134. The third-order valence-corrected chi connectivity index (χ3v) is 2.27. The maximum Gasteiger partial charge on any atom is 0.239 e. The van der Waals surface area contributed by atoms with Crippen molar-refractivity contribution in [3.63, 3.8) is 0 Å². The lowest BCUT2D eigenvalue weighted by Crippen LogP contribution is -2.13. The van der Waals surface area contributed by atoms with Gasteiger partial charge in [-0.15, -0.1) is 11.6 Å². The molecule has 3 nitrogen and oxygen atoms in total. The number of carbonyl (C=O) groups excluding carboxylic acids is 2. The van der Waals surface area contributed by atoms with Crippen molar-refractivity contribution in [1.29, 1.82) is 0 Å². The fraction of sp³-hybridized carbons (Fsp3) is 0.111. The molecule has 0 heterocycles. The molecule has 1 rings (SSSR count). The van der Waals surface area contributed by atoms with E-state index in [0.29, 0.717) is 17.5 Å². The highest BCUT2D eigenvalue weighted by atomic mass is 79.9. The third-order valence-electron chi connectivity index (χ3n) is 1.54. The summed E-state index contributed by atoms with van der Waals surface area (Å²) < 4.78 is 0.785. The number of amides is 1. The quantitative estimate of drug-likeness (QED) is 0.681. The van der Waals surface area contributed by atoms with Gasteiger partial charge in [-0.2, -0.15) is 0 Å². The molecule has 14 heavy (non-hydrogen) atoms. The molecule has 5 heteroatoms. The predicted octanol–water partition coefficient (Wildman–Crippen LogP) is 2.44. The molecule has 0 atom stereocenters. The van der Waals surface area contributed by atoms with E-state index in [-0.39, 0.29) is 11.8 Å². The van der Waals surface area contributed by atoms with Crippen molar-refractivity contribution in [2.24, 2.45) is 0 Å². The van der Waals surface area contributed by atoms with Crippen LogP contribution < -0.4 is 5.32 Å². The van der Waals surface area contributed by atoms with Crippen LogP contribution in [0.15, 0.2) is 22.7 Å². The average Bonchev–Trinajstić information content (AvgIpc) is 2.18. The Morgan fingerprint density at radius 1 is 1.57 bits per heavy atom. The van der Waals surface area contributed by atoms with E-state index in [9.17, 15) is 9.59 Å². The second-order valence-corrected chi connectivity index (χ2v) is 3.71. The van der Waals surface area contributed by atoms with Crippen LogP contribution in [0.2, 0.25) is 0 Å². The van der Waals surface area contributed by atoms with Crippen molar-refractivity contribution in [2.75, 3.05) is 11.2 Å². The lowest BCUT2D eigenvalue weighted by atomic mass is 10.2. The fourth-order valence-corrected chi connectivity index (χ4v) is 1.35. The Morgan fingerprint density at radius 2 is 2.29 bits per heavy atom. The Morgan fingerprint density at radius 3 is 2.86 bits per heavy atom. The van der Waals surface area contributed by atoms with Crippen LogP contribution >= 0.6 is 27.5 Å². The van der Waals surface area contributed by atoms with Gasteiger partial charge >= 0.3 is 0 Å². The van der Waals surface area contributed by atoms with Crippen LogP contribution in [-0.4, -0.2) is 18.1 Å². The summed E-state index contributed by atoms with van der Waals surface area (Å²) >= 11 is 8.56. The summed E-state index contributed by atoms with van der Waals surface area (Å²) in [5.41, 5.74) is 0.881. The van der Waals surface area contributed by atoms with Gasteiger partial charge in [-0.05, 0) is 18.2 Å². The van der Waals surface area contributed by atoms with Gasteiger partial charge in [-0.25, -0.2) is 0 Å². The number of alkyl halides is 1. The summed E-state index contributed by atoms with van der Waals surface area (Å²) in [5, 5.41) is 2.52. The fourth-order valence-electron chi connectivity index (χ4n) is 0.923. The summed E-state index contributed by atoms with van der Waals surface area (Å²) in [6.07, 6.45) is 0.677. The standard InChI is InChI=1S/C9H7BrClNO2/c10-7-2-1-6(5-13)8(3-7)12-9(14)4-11/h1-3,5H,4H2,(H,12,14). The van der Waals surface area contributed by atoms with Gasteiger partial charge < -0.3 is 5.32 Å². The highest BCUT2D eigenvalue weighted by Crippen LogP contribution is 2.20. The number of anilines is 1. The van der Waals surface area contributed by atoms with E-state index in [0.717, 1.165) is 4.47 Å². The molecule has 1 amide bonds. The topological polar surface area (TPSA) is 46.2 Å². The van der Waals surface area contributed by atoms with Crippen molar-refractivity contribution in [3.8, 4) is 0 Å². The molecule has 0 saturated carbocycles. The van der Waals surface area contributed by atoms with Gasteiger partial charge in [0.2, 0.25) is 5.91 Å². The molecule has 0 bridgehead atoms. The molecule has 0 radical (unpaired) electrons. The minimum atomic E-state index is -0.340. The van der Waals surface area contributed by atoms with Crippen LogP contribution in [-0.2, 0) is 4.79 Å². The highest BCUT2D eigenvalue weighted by molar-refractivity contribution is 9.10.